The highest BCUT2D eigenvalue weighted by Gasteiger charge is 2.71. The van der Waals surface area contributed by atoms with Gasteiger partial charge in [0.05, 0.1) is 17.3 Å². The fourth-order valence-corrected chi connectivity index (χ4v) is 8.56. The monoisotopic (exact) mass is 418 g/mol. The molecule has 0 saturated heterocycles. The van der Waals surface area contributed by atoms with E-state index in [4.69, 9.17) is 0 Å². The molecule has 0 heterocycles. The SMILES string of the molecule is CC(C)C1=C[C@@]23CC[C@@H]4[C@@](C)(CCC[C@@]4(C)C(=O)O)[C@@H]2C[C@@H]1[C@H](C(=O)O)[C@H]3C(=O)O. The summed E-state index contributed by atoms with van der Waals surface area (Å²) in [6.07, 6.45) is 6.36. The van der Waals surface area contributed by atoms with Crippen LogP contribution in [0, 0.1) is 51.8 Å². The standard InChI is InChI=1S/C24H34O6/c1-12(2)14-11-24-9-6-15-22(3,7-5-8-23(15,4)21(29)30)16(24)10-13(14)17(19(25)26)18(24)20(27)28/h11-13,15-18H,5-10H2,1-4H3,(H,25,26)(H,27,28)(H,29,30)/t13-,15+,16-,17-,18-,22+,23+,24-/m0/s1. The van der Waals surface area contributed by atoms with Crippen LogP contribution in [-0.4, -0.2) is 33.2 Å². The predicted molar refractivity (Wildman–Crippen MR) is 110 cm³/mol. The third-order valence-electron chi connectivity index (χ3n) is 9.72. The van der Waals surface area contributed by atoms with Gasteiger partial charge in [-0.1, -0.05) is 38.8 Å². The molecule has 6 heteroatoms. The zero-order valence-electron chi connectivity index (χ0n) is 18.4. The van der Waals surface area contributed by atoms with Gasteiger partial charge < -0.3 is 15.3 Å². The van der Waals surface area contributed by atoms with E-state index in [2.05, 4.69) is 26.8 Å². The minimum absolute atomic E-state index is 0.00641. The van der Waals surface area contributed by atoms with Gasteiger partial charge in [-0.15, -0.1) is 0 Å². The largest absolute Gasteiger partial charge is 0.481 e. The molecule has 5 rings (SSSR count). The van der Waals surface area contributed by atoms with Crippen LogP contribution in [0.2, 0.25) is 0 Å². The first-order valence-corrected chi connectivity index (χ1v) is 11.3. The number of carboxylic acid groups (broad SMARTS) is 3. The minimum Gasteiger partial charge on any atom is -0.481 e. The lowest BCUT2D eigenvalue weighted by atomic mass is 9.34. The number of carboxylic acids is 3. The summed E-state index contributed by atoms with van der Waals surface area (Å²) in [5.41, 5.74) is -0.709. The summed E-state index contributed by atoms with van der Waals surface area (Å²) in [5, 5.41) is 30.3. The molecule has 0 amide bonds. The Morgan fingerprint density at radius 2 is 1.67 bits per heavy atom. The van der Waals surface area contributed by atoms with Gasteiger partial charge in [0.2, 0.25) is 0 Å². The Kier molecular flexibility index (Phi) is 4.68. The Morgan fingerprint density at radius 1 is 1.00 bits per heavy atom. The van der Waals surface area contributed by atoms with Gasteiger partial charge in [0, 0.05) is 5.41 Å². The Hall–Kier alpha value is -1.85. The number of aliphatic carboxylic acids is 3. The molecule has 3 saturated carbocycles. The predicted octanol–water partition coefficient (Wildman–Crippen LogP) is 4.30. The molecule has 0 aromatic rings. The topological polar surface area (TPSA) is 112 Å². The van der Waals surface area contributed by atoms with Gasteiger partial charge in [0.15, 0.2) is 0 Å². The van der Waals surface area contributed by atoms with Gasteiger partial charge in [0.1, 0.15) is 0 Å². The highest BCUT2D eigenvalue weighted by Crippen LogP contribution is 2.73. The van der Waals surface area contributed by atoms with Crippen molar-refractivity contribution in [2.75, 3.05) is 0 Å². The minimum atomic E-state index is -1.02. The first kappa shape index (κ1) is 21.4. The van der Waals surface area contributed by atoms with E-state index in [1.165, 1.54) is 0 Å². The van der Waals surface area contributed by atoms with Crippen LogP contribution in [0.25, 0.3) is 0 Å². The summed E-state index contributed by atoms with van der Waals surface area (Å²) in [4.78, 5) is 37.0. The van der Waals surface area contributed by atoms with Crippen LogP contribution < -0.4 is 0 Å². The Bertz CT molecular complexity index is 830. The van der Waals surface area contributed by atoms with Crippen LogP contribution in [0.15, 0.2) is 11.6 Å². The van der Waals surface area contributed by atoms with Crippen LogP contribution in [-0.2, 0) is 14.4 Å². The van der Waals surface area contributed by atoms with E-state index < -0.39 is 40.6 Å². The molecule has 166 valence electrons. The molecule has 3 N–H and O–H groups in total. The number of rotatable bonds is 4. The van der Waals surface area contributed by atoms with Crippen molar-refractivity contribution in [3.8, 4) is 0 Å². The zero-order chi connectivity index (χ0) is 22.2. The molecule has 0 aliphatic heterocycles. The molecule has 2 bridgehead atoms. The Labute approximate surface area is 177 Å². The van der Waals surface area contributed by atoms with Crippen LogP contribution >= 0.6 is 0 Å². The van der Waals surface area contributed by atoms with Crippen LogP contribution in [0.3, 0.4) is 0 Å². The van der Waals surface area contributed by atoms with Crippen molar-refractivity contribution in [3.63, 3.8) is 0 Å². The molecule has 5 aliphatic rings. The molecule has 0 aromatic carbocycles. The lowest BCUT2D eigenvalue weighted by Gasteiger charge is -2.68. The maximum Gasteiger partial charge on any atom is 0.309 e. The second kappa shape index (κ2) is 6.57. The van der Waals surface area contributed by atoms with E-state index in [1.807, 2.05) is 6.92 Å². The Balaban J connectivity index is 1.89. The molecular formula is C24H34O6. The fraction of sp³-hybridized carbons (Fsp3) is 0.792. The smallest absolute Gasteiger partial charge is 0.309 e. The molecule has 8 atom stereocenters. The van der Waals surface area contributed by atoms with E-state index in [0.717, 1.165) is 18.4 Å². The first-order valence-electron chi connectivity index (χ1n) is 11.3. The van der Waals surface area contributed by atoms with E-state index >= 15 is 0 Å². The van der Waals surface area contributed by atoms with Gasteiger partial charge in [0.25, 0.3) is 0 Å². The van der Waals surface area contributed by atoms with E-state index in [9.17, 15) is 29.7 Å². The summed E-state index contributed by atoms with van der Waals surface area (Å²) in [7, 11) is 0. The third-order valence-corrected chi connectivity index (χ3v) is 9.72. The lowest BCUT2D eigenvalue weighted by Crippen LogP contribution is -2.66. The number of hydrogen-bond acceptors (Lipinski definition) is 3. The van der Waals surface area contributed by atoms with Crippen molar-refractivity contribution in [1.29, 1.82) is 0 Å². The second-order valence-corrected chi connectivity index (χ2v) is 11.2. The van der Waals surface area contributed by atoms with Crippen LogP contribution in [0.1, 0.15) is 66.2 Å². The summed E-state index contributed by atoms with van der Waals surface area (Å²) in [5.74, 6) is -4.76. The highest BCUT2D eigenvalue weighted by atomic mass is 16.4. The van der Waals surface area contributed by atoms with Gasteiger partial charge in [-0.2, -0.15) is 0 Å². The molecule has 5 aliphatic carbocycles. The van der Waals surface area contributed by atoms with Gasteiger partial charge in [-0.25, -0.2) is 0 Å². The Morgan fingerprint density at radius 3 is 2.20 bits per heavy atom. The quantitative estimate of drug-likeness (QED) is 0.587. The molecule has 0 aromatic heterocycles. The van der Waals surface area contributed by atoms with E-state index in [-0.39, 0.29) is 29.1 Å². The summed E-state index contributed by atoms with van der Waals surface area (Å²) >= 11 is 0. The van der Waals surface area contributed by atoms with Crippen molar-refractivity contribution in [1.82, 2.24) is 0 Å². The van der Waals surface area contributed by atoms with Crippen molar-refractivity contribution < 1.29 is 29.7 Å². The second-order valence-electron chi connectivity index (χ2n) is 11.2. The maximum absolute atomic E-state index is 12.5. The molecule has 1 spiro atoms. The third kappa shape index (κ3) is 2.51. The van der Waals surface area contributed by atoms with Crippen LogP contribution in [0.5, 0.6) is 0 Å². The summed E-state index contributed by atoms with van der Waals surface area (Å²) < 4.78 is 0. The van der Waals surface area contributed by atoms with E-state index in [1.54, 1.807) is 0 Å². The first-order chi connectivity index (χ1) is 13.9. The number of fused-ring (bicyclic) bond motifs is 2. The van der Waals surface area contributed by atoms with Crippen molar-refractivity contribution >= 4 is 17.9 Å². The molecule has 0 radical (unpaired) electrons. The van der Waals surface area contributed by atoms with Gasteiger partial charge in [-0.05, 0) is 68.1 Å². The maximum atomic E-state index is 12.5. The fourth-order valence-electron chi connectivity index (χ4n) is 8.56. The molecule has 0 unspecified atom stereocenters. The van der Waals surface area contributed by atoms with Crippen molar-refractivity contribution in [3.05, 3.63) is 11.6 Å². The molecular weight excluding hydrogens is 384 g/mol. The average Bonchev–Trinajstić information content (AvgIpc) is 2.65. The van der Waals surface area contributed by atoms with Gasteiger partial charge in [-0.3, -0.25) is 14.4 Å². The van der Waals surface area contributed by atoms with Crippen molar-refractivity contribution in [2.45, 2.75) is 66.2 Å². The van der Waals surface area contributed by atoms with Gasteiger partial charge >= 0.3 is 17.9 Å². The molecule has 3 fully saturated rings. The lowest BCUT2D eigenvalue weighted by molar-refractivity contribution is -0.207. The number of hydrogen-bond donors (Lipinski definition) is 3. The normalized spacial score (nSPS) is 47.2. The summed E-state index contributed by atoms with van der Waals surface area (Å²) in [6.45, 7) is 8.15. The van der Waals surface area contributed by atoms with E-state index in [0.29, 0.717) is 25.7 Å². The number of allylic oxidation sites excluding steroid dienone is 2. The summed E-state index contributed by atoms with van der Waals surface area (Å²) in [6, 6.07) is 0. The average molecular weight is 419 g/mol. The van der Waals surface area contributed by atoms with Crippen molar-refractivity contribution in [2.24, 2.45) is 51.8 Å². The zero-order valence-corrected chi connectivity index (χ0v) is 18.4. The van der Waals surface area contributed by atoms with Crippen LogP contribution in [0.4, 0.5) is 0 Å². The molecule has 30 heavy (non-hydrogen) atoms. The highest BCUT2D eigenvalue weighted by molar-refractivity contribution is 5.83. The molecule has 6 nitrogen and oxygen atoms in total. The number of carbonyl (C=O) groups is 3.